The minimum atomic E-state index is 0.149. The number of rotatable bonds is 2. The summed E-state index contributed by atoms with van der Waals surface area (Å²) in [4.78, 5) is 4.10. The fourth-order valence-corrected chi connectivity index (χ4v) is 1.27. The van der Waals surface area contributed by atoms with Crippen molar-refractivity contribution in [2.24, 2.45) is 0 Å². The van der Waals surface area contributed by atoms with Gasteiger partial charge >= 0.3 is 0 Å². The van der Waals surface area contributed by atoms with Crippen molar-refractivity contribution in [1.29, 1.82) is 0 Å². The zero-order valence-corrected chi connectivity index (χ0v) is 8.03. The van der Waals surface area contributed by atoms with E-state index in [2.05, 4.69) is 4.98 Å². The number of oxazole rings is 1. The maximum absolute atomic E-state index is 9.51. The Balaban J connectivity index is 2.44. The van der Waals surface area contributed by atoms with E-state index in [-0.39, 0.29) is 5.75 Å². The number of alkyl halides is 1. The summed E-state index contributed by atoms with van der Waals surface area (Å²) in [6.45, 7) is 0. The lowest BCUT2D eigenvalue weighted by atomic mass is 10.2. The lowest BCUT2D eigenvalue weighted by Gasteiger charge is -1.97. The van der Waals surface area contributed by atoms with E-state index in [1.54, 1.807) is 24.3 Å². The SMILES string of the molecule is Oc1ccccc1-c1nc(CCl)co1. The molecule has 14 heavy (non-hydrogen) atoms. The van der Waals surface area contributed by atoms with E-state index < -0.39 is 0 Å². The van der Waals surface area contributed by atoms with Gasteiger partial charge in [0, 0.05) is 0 Å². The Kier molecular flexibility index (Phi) is 2.41. The van der Waals surface area contributed by atoms with Gasteiger partial charge < -0.3 is 9.52 Å². The molecule has 0 amide bonds. The van der Waals surface area contributed by atoms with Crippen molar-refractivity contribution < 1.29 is 9.52 Å². The average Bonchev–Trinajstić information content (AvgIpc) is 2.67. The molecule has 0 radical (unpaired) electrons. The molecule has 0 saturated carbocycles. The van der Waals surface area contributed by atoms with Gasteiger partial charge in [0.05, 0.1) is 17.1 Å². The second-order valence-corrected chi connectivity index (χ2v) is 3.06. The number of aromatic hydroxyl groups is 1. The van der Waals surface area contributed by atoms with E-state index in [9.17, 15) is 5.11 Å². The van der Waals surface area contributed by atoms with Gasteiger partial charge in [0.25, 0.3) is 0 Å². The first-order valence-corrected chi connectivity index (χ1v) is 4.63. The number of benzene rings is 1. The highest BCUT2D eigenvalue weighted by molar-refractivity contribution is 6.16. The second-order valence-electron chi connectivity index (χ2n) is 2.79. The molecule has 0 saturated heterocycles. The van der Waals surface area contributed by atoms with Crippen LogP contribution in [0.15, 0.2) is 34.9 Å². The van der Waals surface area contributed by atoms with Gasteiger partial charge in [0.1, 0.15) is 12.0 Å². The average molecular weight is 210 g/mol. The number of phenols is 1. The number of hydrogen-bond donors (Lipinski definition) is 1. The van der Waals surface area contributed by atoms with Crippen LogP contribution in [0.25, 0.3) is 11.5 Å². The molecule has 0 unspecified atom stereocenters. The van der Waals surface area contributed by atoms with Crippen molar-refractivity contribution in [3.8, 4) is 17.2 Å². The van der Waals surface area contributed by atoms with Gasteiger partial charge in [-0.15, -0.1) is 11.6 Å². The van der Waals surface area contributed by atoms with E-state index in [0.29, 0.717) is 23.0 Å². The summed E-state index contributed by atoms with van der Waals surface area (Å²) in [7, 11) is 0. The fourth-order valence-electron chi connectivity index (χ4n) is 1.15. The smallest absolute Gasteiger partial charge is 0.229 e. The van der Waals surface area contributed by atoms with Crippen LogP contribution in [0.1, 0.15) is 5.69 Å². The molecule has 0 aliphatic rings. The predicted molar refractivity (Wildman–Crippen MR) is 53.2 cm³/mol. The number of aromatic nitrogens is 1. The summed E-state index contributed by atoms with van der Waals surface area (Å²) < 4.78 is 5.17. The molecule has 2 aromatic rings. The summed E-state index contributed by atoms with van der Waals surface area (Å²) in [6, 6.07) is 6.86. The molecule has 0 aliphatic carbocycles. The molecule has 0 bridgehead atoms. The number of phenolic OH excluding ortho intramolecular Hbond substituents is 1. The molecular formula is C10H8ClNO2. The van der Waals surface area contributed by atoms with E-state index in [0.717, 1.165) is 0 Å². The first-order valence-electron chi connectivity index (χ1n) is 4.10. The van der Waals surface area contributed by atoms with Crippen LogP contribution in [-0.4, -0.2) is 10.1 Å². The zero-order chi connectivity index (χ0) is 9.97. The Morgan fingerprint density at radius 2 is 2.14 bits per heavy atom. The topological polar surface area (TPSA) is 46.3 Å². The van der Waals surface area contributed by atoms with Crippen molar-refractivity contribution >= 4 is 11.6 Å². The summed E-state index contributed by atoms with van der Waals surface area (Å²) in [6.07, 6.45) is 1.48. The quantitative estimate of drug-likeness (QED) is 0.774. The number of hydrogen-bond acceptors (Lipinski definition) is 3. The Morgan fingerprint density at radius 3 is 2.79 bits per heavy atom. The van der Waals surface area contributed by atoms with Crippen LogP contribution < -0.4 is 0 Å². The maximum atomic E-state index is 9.51. The first kappa shape index (κ1) is 9.09. The Morgan fingerprint density at radius 1 is 1.36 bits per heavy atom. The molecule has 1 heterocycles. The fraction of sp³-hybridized carbons (Fsp3) is 0.100. The highest BCUT2D eigenvalue weighted by Crippen LogP contribution is 2.27. The van der Waals surface area contributed by atoms with Crippen LogP contribution in [0.2, 0.25) is 0 Å². The van der Waals surface area contributed by atoms with Gasteiger partial charge in [-0.25, -0.2) is 4.98 Å². The van der Waals surface area contributed by atoms with E-state index in [1.165, 1.54) is 6.26 Å². The third-order valence-corrected chi connectivity index (χ3v) is 2.10. The number of nitrogens with zero attached hydrogens (tertiary/aromatic N) is 1. The van der Waals surface area contributed by atoms with Crippen LogP contribution in [0.3, 0.4) is 0 Å². The molecule has 1 N–H and O–H groups in total. The highest BCUT2D eigenvalue weighted by Gasteiger charge is 2.09. The Hall–Kier alpha value is -1.48. The number of para-hydroxylation sites is 1. The van der Waals surface area contributed by atoms with Crippen LogP contribution in [0.5, 0.6) is 5.75 Å². The Labute approximate surface area is 86.0 Å². The molecular weight excluding hydrogens is 202 g/mol. The van der Waals surface area contributed by atoms with Crippen molar-refractivity contribution in [1.82, 2.24) is 4.98 Å². The minimum Gasteiger partial charge on any atom is -0.507 e. The molecule has 1 aromatic carbocycles. The second kappa shape index (κ2) is 3.72. The van der Waals surface area contributed by atoms with Crippen molar-refractivity contribution in [2.75, 3.05) is 0 Å². The summed E-state index contributed by atoms with van der Waals surface area (Å²) in [5.41, 5.74) is 1.23. The lowest BCUT2D eigenvalue weighted by molar-refractivity contribution is 0.473. The summed E-state index contributed by atoms with van der Waals surface area (Å²) >= 11 is 5.58. The summed E-state index contributed by atoms with van der Waals surface area (Å²) in [5.74, 6) is 0.839. The molecule has 2 rings (SSSR count). The molecule has 0 fully saturated rings. The monoisotopic (exact) mass is 209 g/mol. The molecule has 72 valence electrons. The van der Waals surface area contributed by atoms with Gasteiger partial charge in [0.2, 0.25) is 5.89 Å². The van der Waals surface area contributed by atoms with Gasteiger partial charge in [-0.05, 0) is 12.1 Å². The molecule has 0 atom stereocenters. The van der Waals surface area contributed by atoms with E-state index >= 15 is 0 Å². The minimum absolute atomic E-state index is 0.149. The van der Waals surface area contributed by atoms with E-state index in [1.807, 2.05) is 0 Å². The zero-order valence-electron chi connectivity index (χ0n) is 7.27. The van der Waals surface area contributed by atoms with Gasteiger partial charge in [-0.3, -0.25) is 0 Å². The standard InChI is InChI=1S/C10H8ClNO2/c11-5-7-6-14-10(12-7)8-3-1-2-4-9(8)13/h1-4,6,13H,5H2. The molecule has 4 heteroatoms. The third-order valence-electron chi connectivity index (χ3n) is 1.82. The van der Waals surface area contributed by atoms with Crippen molar-refractivity contribution in [3.05, 3.63) is 36.2 Å². The Bertz CT molecular complexity index is 439. The summed E-state index contributed by atoms with van der Waals surface area (Å²) in [5, 5.41) is 9.51. The van der Waals surface area contributed by atoms with Gasteiger partial charge in [-0.2, -0.15) is 0 Å². The van der Waals surface area contributed by atoms with Crippen LogP contribution in [0, 0.1) is 0 Å². The number of halogens is 1. The molecule has 1 aromatic heterocycles. The highest BCUT2D eigenvalue weighted by atomic mass is 35.5. The van der Waals surface area contributed by atoms with Crippen molar-refractivity contribution in [3.63, 3.8) is 0 Å². The molecule has 0 spiro atoms. The van der Waals surface area contributed by atoms with Crippen LogP contribution in [0.4, 0.5) is 0 Å². The van der Waals surface area contributed by atoms with Crippen LogP contribution >= 0.6 is 11.6 Å². The van der Waals surface area contributed by atoms with Crippen LogP contribution in [-0.2, 0) is 5.88 Å². The third kappa shape index (κ3) is 1.59. The van der Waals surface area contributed by atoms with Gasteiger partial charge in [0.15, 0.2) is 0 Å². The molecule has 3 nitrogen and oxygen atoms in total. The normalized spacial score (nSPS) is 10.4. The first-order chi connectivity index (χ1) is 6.81. The van der Waals surface area contributed by atoms with Gasteiger partial charge in [-0.1, -0.05) is 12.1 Å². The van der Waals surface area contributed by atoms with Crippen molar-refractivity contribution in [2.45, 2.75) is 5.88 Å². The lowest BCUT2D eigenvalue weighted by Crippen LogP contribution is -1.80. The molecule has 0 aliphatic heterocycles. The predicted octanol–water partition coefficient (Wildman–Crippen LogP) is 2.79. The largest absolute Gasteiger partial charge is 0.507 e. The maximum Gasteiger partial charge on any atom is 0.229 e. The van der Waals surface area contributed by atoms with E-state index in [4.69, 9.17) is 16.0 Å².